The quantitative estimate of drug-likeness (QED) is 0.387. The number of hydrogen-bond acceptors (Lipinski definition) is 6. The van der Waals surface area contributed by atoms with Gasteiger partial charge in [0.2, 0.25) is 0 Å². The Labute approximate surface area is 94.8 Å². The minimum atomic E-state index is -5.61. The molecule has 1 unspecified atom stereocenters. The molecule has 0 rings (SSSR count). The van der Waals surface area contributed by atoms with Crippen LogP contribution in [0.3, 0.4) is 0 Å². The van der Waals surface area contributed by atoms with Crippen LogP contribution in [0.1, 0.15) is 0 Å². The van der Waals surface area contributed by atoms with E-state index in [1.807, 2.05) is 0 Å². The summed E-state index contributed by atoms with van der Waals surface area (Å²) in [6, 6.07) is 0. The van der Waals surface area contributed by atoms with E-state index in [2.05, 4.69) is 4.31 Å². The van der Waals surface area contributed by atoms with E-state index in [4.69, 9.17) is 4.89 Å². The molecule has 0 saturated carbocycles. The van der Waals surface area contributed by atoms with Crippen LogP contribution in [0.25, 0.3) is 0 Å². The van der Waals surface area contributed by atoms with Gasteiger partial charge in [0.05, 0.1) is 7.82 Å². The summed E-state index contributed by atoms with van der Waals surface area (Å²) in [5.41, 5.74) is 0. The zero-order chi connectivity index (χ0) is 7.71. The summed E-state index contributed by atoms with van der Waals surface area (Å²) in [6.07, 6.45) is 0. The van der Waals surface area contributed by atoms with Gasteiger partial charge >= 0.3 is 46.6 Å². The molecule has 0 aliphatic carbocycles. The molecule has 1 N–H and O–H groups in total. The molecule has 0 aromatic rings. The standard InChI is InChI=1S/Cu.Na.H4O7P2/c;;1-8(2,3)7-9(4,5)6/h;;(H2,1,2,3)(H2,4,5,6)/q+2;+1;/p-3. The Morgan fingerprint density at radius 1 is 1.18 bits per heavy atom. The number of hydrogen-bond donors (Lipinski definition) is 1. The van der Waals surface area contributed by atoms with E-state index < -0.39 is 15.6 Å². The molecule has 0 heterocycles. The third-order valence-electron chi connectivity index (χ3n) is 0.203. The Morgan fingerprint density at radius 3 is 1.45 bits per heavy atom. The Morgan fingerprint density at radius 2 is 1.45 bits per heavy atom. The van der Waals surface area contributed by atoms with Gasteiger partial charge < -0.3 is 24.1 Å². The summed E-state index contributed by atoms with van der Waals surface area (Å²) in [7, 11) is -11.0. The summed E-state index contributed by atoms with van der Waals surface area (Å²) < 4.78 is 21.4. The third kappa shape index (κ3) is 18.6. The van der Waals surface area contributed by atoms with Crippen molar-refractivity contribution in [3.8, 4) is 0 Å². The largest absolute Gasteiger partial charge is 2.00 e. The minimum absolute atomic E-state index is 0. The minimum Gasteiger partial charge on any atom is -0.790 e. The van der Waals surface area contributed by atoms with E-state index in [0.29, 0.717) is 0 Å². The second kappa shape index (κ2) is 6.27. The average molecular weight is 261 g/mol. The van der Waals surface area contributed by atoms with Gasteiger partial charge in [-0.2, -0.15) is 0 Å². The molecule has 0 aromatic heterocycles. The topological polar surface area (TPSA) is 133 Å². The normalized spacial score (nSPS) is 15.6. The maximum atomic E-state index is 9.44. The van der Waals surface area contributed by atoms with Crippen molar-refractivity contribution < 1.29 is 79.6 Å². The first-order valence-corrected chi connectivity index (χ1v) is 4.43. The second-order valence-electron chi connectivity index (χ2n) is 0.997. The van der Waals surface area contributed by atoms with Crippen molar-refractivity contribution in [3.05, 3.63) is 0 Å². The Kier molecular flexibility index (Phi) is 10.6. The fourth-order valence-corrected chi connectivity index (χ4v) is 1.14. The molecule has 11 heteroatoms. The molecule has 0 amide bonds. The molecule has 0 spiro atoms. The van der Waals surface area contributed by atoms with Gasteiger partial charge in [0, 0.05) is 0 Å². The first-order chi connectivity index (χ1) is 3.71. The molecule has 0 fully saturated rings. The van der Waals surface area contributed by atoms with Crippen LogP contribution in [0.15, 0.2) is 0 Å². The zero-order valence-corrected chi connectivity index (χ0v) is 9.82. The van der Waals surface area contributed by atoms with Gasteiger partial charge in [0.25, 0.3) is 7.82 Å². The number of phosphoric acid groups is 2. The molecule has 11 heavy (non-hydrogen) atoms. The fourth-order valence-electron chi connectivity index (χ4n) is 0.126. The van der Waals surface area contributed by atoms with E-state index in [0.717, 1.165) is 0 Å². The predicted octanol–water partition coefficient (Wildman–Crippen LogP) is -5.71. The van der Waals surface area contributed by atoms with Crippen molar-refractivity contribution in [1.82, 2.24) is 0 Å². The van der Waals surface area contributed by atoms with Crippen LogP contribution in [0.2, 0.25) is 0 Å². The van der Waals surface area contributed by atoms with Gasteiger partial charge in [0.15, 0.2) is 0 Å². The molecule has 0 bridgehead atoms. The third-order valence-corrected chi connectivity index (χ3v) is 1.83. The molecule has 1 radical (unpaired) electrons. The van der Waals surface area contributed by atoms with Gasteiger partial charge in [-0.15, -0.1) is 0 Å². The van der Waals surface area contributed by atoms with E-state index in [9.17, 15) is 23.8 Å². The van der Waals surface area contributed by atoms with E-state index >= 15 is 0 Å². The van der Waals surface area contributed by atoms with Crippen LogP contribution in [0, 0.1) is 0 Å². The molecule has 0 aliphatic heterocycles. The summed E-state index contributed by atoms with van der Waals surface area (Å²) in [6.45, 7) is 0. The summed E-state index contributed by atoms with van der Waals surface area (Å²) in [5, 5.41) is 0. The van der Waals surface area contributed by atoms with Crippen molar-refractivity contribution in [2.45, 2.75) is 0 Å². The Hall–Kier alpha value is 1.78. The smallest absolute Gasteiger partial charge is 0.790 e. The monoisotopic (exact) mass is 261 g/mol. The van der Waals surface area contributed by atoms with Crippen molar-refractivity contribution in [2.24, 2.45) is 0 Å². The van der Waals surface area contributed by atoms with Gasteiger partial charge in [-0.25, -0.2) is 0 Å². The van der Waals surface area contributed by atoms with E-state index in [-0.39, 0.29) is 46.6 Å². The second-order valence-corrected chi connectivity index (χ2v) is 3.48. The average Bonchev–Trinajstić information content (AvgIpc) is 1.14. The Balaban J connectivity index is -0.000000320. The molecular weight excluding hydrogens is 260 g/mol. The van der Waals surface area contributed by atoms with E-state index in [1.165, 1.54) is 0 Å². The summed E-state index contributed by atoms with van der Waals surface area (Å²) >= 11 is 0. The maximum absolute atomic E-state index is 9.44. The SMILES string of the molecule is O=P([O-])([O-])OP(=O)([O-])O.[Cu+2].[Na+]. The first kappa shape index (κ1) is 18.5. The van der Waals surface area contributed by atoms with Gasteiger partial charge in [-0.1, -0.05) is 0 Å². The molecule has 7 nitrogen and oxygen atoms in total. The van der Waals surface area contributed by atoms with Crippen LogP contribution in [-0.4, -0.2) is 4.89 Å². The van der Waals surface area contributed by atoms with E-state index in [1.54, 1.807) is 0 Å². The first-order valence-electron chi connectivity index (χ1n) is 1.48. The van der Waals surface area contributed by atoms with Crippen LogP contribution in [0.5, 0.6) is 0 Å². The summed E-state index contributed by atoms with van der Waals surface area (Å²) in [4.78, 5) is 35.7. The Bertz CT molecular complexity index is 157. The fraction of sp³-hybridized carbons (Fsp3) is 0. The van der Waals surface area contributed by atoms with Gasteiger partial charge in [-0.3, -0.25) is 8.88 Å². The predicted molar refractivity (Wildman–Crippen MR) is 18.5 cm³/mol. The molecule has 0 aliphatic rings. The van der Waals surface area contributed by atoms with Crippen molar-refractivity contribution in [1.29, 1.82) is 0 Å². The van der Waals surface area contributed by atoms with Crippen molar-refractivity contribution in [3.63, 3.8) is 0 Å². The zero-order valence-electron chi connectivity index (χ0n) is 5.09. The maximum Gasteiger partial charge on any atom is 2.00 e. The molecule has 65 valence electrons. The molecular formula is HCuNaO7P2. The molecule has 0 saturated heterocycles. The van der Waals surface area contributed by atoms with Crippen molar-refractivity contribution >= 4 is 15.6 Å². The van der Waals surface area contributed by atoms with Gasteiger partial charge in [0.1, 0.15) is 0 Å². The van der Waals surface area contributed by atoms with Crippen molar-refractivity contribution in [2.75, 3.05) is 0 Å². The number of rotatable bonds is 2. The molecule has 1 atom stereocenters. The van der Waals surface area contributed by atoms with Crippen LogP contribution in [0.4, 0.5) is 0 Å². The summed E-state index contributed by atoms with van der Waals surface area (Å²) in [5.74, 6) is 0. The molecule has 0 aromatic carbocycles. The van der Waals surface area contributed by atoms with Crippen LogP contribution < -0.4 is 44.2 Å². The van der Waals surface area contributed by atoms with Crippen LogP contribution >= 0.6 is 15.6 Å². The van der Waals surface area contributed by atoms with Crippen LogP contribution in [-0.2, 0) is 30.5 Å². The van der Waals surface area contributed by atoms with Gasteiger partial charge in [-0.05, 0) is 0 Å².